The molecule has 0 bridgehead atoms. The number of furan rings is 1. The van der Waals surface area contributed by atoms with Crippen LogP contribution in [-0.2, 0) is 4.74 Å². The molecule has 1 aromatic heterocycles. The Morgan fingerprint density at radius 1 is 1.33 bits per heavy atom. The summed E-state index contributed by atoms with van der Waals surface area (Å²) in [4.78, 5) is 9.39. The molecule has 2 aliphatic rings. The molecule has 0 aliphatic carbocycles. The van der Waals surface area contributed by atoms with Crippen molar-refractivity contribution in [3.8, 4) is 0 Å². The molecule has 1 aromatic rings. The number of nitrogens with one attached hydrogen (secondary N) is 1. The Bertz CT molecular complexity index is 592. The van der Waals surface area contributed by atoms with E-state index in [-0.39, 0.29) is 30.0 Å². The van der Waals surface area contributed by atoms with Gasteiger partial charge in [0, 0.05) is 50.8 Å². The highest BCUT2D eigenvalue weighted by Gasteiger charge is 2.27. The summed E-state index contributed by atoms with van der Waals surface area (Å²) in [5, 5.41) is 4.31. The second kappa shape index (κ2) is 11.5. The number of hydrogen-bond donors (Lipinski definition) is 1. The first-order valence-electron chi connectivity index (χ1n) is 9.66. The Balaban J connectivity index is 0.00000261. The summed E-state index contributed by atoms with van der Waals surface area (Å²) in [5.74, 6) is 4.16. The van der Waals surface area contributed by atoms with Crippen LogP contribution in [0.4, 0.5) is 0 Å². The molecule has 2 saturated heterocycles. The maximum atomic E-state index is 5.97. The molecule has 0 spiro atoms. The summed E-state index contributed by atoms with van der Waals surface area (Å²) in [5.41, 5.74) is 0. The lowest BCUT2D eigenvalue weighted by Gasteiger charge is -2.37. The Morgan fingerprint density at radius 2 is 2.11 bits per heavy atom. The summed E-state index contributed by atoms with van der Waals surface area (Å²) in [6, 6.07) is 4.35. The number of nitrogens with zero attached hydrogens (tertiary/aromatic N) is 3. The molecule has 27 heavy (non-hydrogen) atoms. The molecule has 2 fully saturated rings. The minimum absolute atomic E-state index is 0. The second-order valence-electron chi connectivity index (χ2n) is 6.89. The molecule has 8 heteroatoms. The molecule has 1 N–H and O–H groups in total. The van der Waals surface area contributed by atoms with Crippen molar-refractivity contribution >= 4 is 41.7 Å². The predicted octanol–water partition coefficient (Wildman–Crippen LogP) is 2.98. The fourth-order valence-electron chi connectivity index (χ4n) is 3.61. The van der Waals surface area contributed by atoms with Gasteiger partial charge in [-0.2, -0.15) is 11.8 Å². The van der Waals surface area contributed by atoms with Crippen molar-refractivity contribution in [3.05, 3.63) is 23.7 Å². The van der Waals surface area contributed by atoms with E-state index >= 15 is 0 Å². The lowest BCUT2D eigenvalue weighted by atomic mass is 10.1. The van der Waals surface area contributed by atoms with Crippen molar-refractivity contribution < 1.29 is 9.15 Å². The first kappa shape index (κ1) is 22.8. The molecule has 2 aliphatic heterocycles. The average molecular weight is 508 g/mol. The topological polar surface area (TPSA) is 53.2 Å². The standard InChI is InChI=1S/C19H32N4O2S.HI/c1-4-16-14-23(9-12-26-16)19(20-3)21-13-17(18-6-5-15(2)25-18)22-7-10-24-11-8-22;/h5-6,16-17H,4,7-14H2,1-3H3,(H,20,21);1H. The summed E-state index contributed by atoms with van der Waals surface area (Å²) in [6.07, 6.45) is 1.21. The fourth-order valence-corrected chi connectivity index (χ4v) is 4.79. The number of hydrogen-bond acceptors (Lipinski definition) is 5. The molecular weight excluding hydrogens is 475 g/mol. The van der Waals surface area contributed by atoms with E-state index in [9.17, 15) is 0 Å². The molecule has 0 amide bonds. The zero-order chi connectivity index (χ0) is 18.4. The quantitative estimate of drug-likeness (QED) is 0.375. The van der Waals surface area contributed by atoms with E-state index in [1.807, 2.05) is 20.0 Å². The molecular formula is C19H33IN4O2S. The maximum absolute atomic E-state index is 5.97. The first-order chi connectivity index (χ1) is 12.7. The van der Waals surface area contributed by atoms with Gasteiger partial charge in [0.25, 0.3) is 0 Å². The van der Waals surface area contributed by atoms with Gasteiger partial charge in [-0.15, -0.1) is 24.0 Å². The third-order valence-corrected chi connectivity index (χ3v) is 6.51. The smallest absolute Gasteiger partial charge is 0.193 e. The highest BCUT2D eigenvalue weighted by molar-refractivity contribution is 14.0. The zero-order valence-corrected chi connectivity index (χ0v) is 19.8. The van der Waals surface area contributed by atoms with Gasteiger partial charge < -0.3 is 19.4 Å². The molecule has 2 unspecified atom stereocenters. The summed E-state index contributed by atoms with van der Waals surface area (Å²) >= 11 is 2.08. The first-order valence-corrected chi connectivity index (χ1v) is 10.7. The van der Waals surface area contributed by atoms with E-state index in [2.05, 4.69) is 44.9 Å². The predicted molar refractivity (Wildman–Crippen MR) is 123 cm³/mol. The second-order valence-corrected chi connectivity index (χ2v) is 8.30. The zero-order valence-electron chi connectivity index (χ0n) is 16.6. The number of thioether (sulfide) groups is 1. The Hall–Kier alpha value is -0.450. The Morgan fingerprint density at radius 3 is 2.74 bits per heavy atom. The molecule has 3 heterocycles. The van der Waals surface area contributed by atoms with Gasteiger partial charge in [0.05, 0.1) is 19.3 Å². The normalized spacial score (nSPS) is 23.0. The van der Waals surface area contributed by atoms with Crippen LogP contribution >= 0.6 is 35.7 Å². The van der Waals surface area contributed by atoms with Crippen molar-refractivity contribution in [1.82, 2.24) is 15.1 Å². The lowest BCUT2D eigenvalue weighted by molar-refractivity contribution is 0.0123. The van der Waals surface area contributed by atoms with Crippen molar-refractivity contribution in [2.24, 2.45) is 4.99 Å². The third kappa shape index (κ3) is 6.27. The minimum atomic E-state index is 0. The molecule has 154 valence electrons. The van der Waals surface area contributed by atoms with E-state index in [0.717, 1.165) is 63.4 Å². The van der Waals surface area contributed by atoms with Crippen LogP contribution in [0.5, 0.6) is 0 Å². The van der Waals surface area contributed by atoms with Crippen molar-refractivity contribution in [2.45, 2.75) is 31.6 Å². The Kier molecular flexibility index (Phi) is 9.75. The van der Waals surface area contributed by atoms with Crippen LogP contribution in [0.25, 0.3) is 0 Å². The van der Waals surface area contributed by atoms with Crippen molar-refractivity contribution in [1.29, 1.82) is 0 Å². The van der Waals surface area contributed by atoms with Crippen LogP contribution in [0, 0.1) is 6.92 Å². The van der Waals surface area contributed by atoms with Gasteiger partial charge in [0.15, 0.2) is 5.96 Å². The van der Waals surface area contributed by atoms with Crippen molar-refractivity contribution in [3.63, 3.8) is 0 Å². The Labute approximate surface area is 184 Å². The van der Waals surface area contributed by atoms with Gasteiger partial charge in [-0.1, -0.05) is 6.92 Å². The number of aliphatic imine (C=N–C) groups is 1. The highest BCUT2D eigenvalue weighted by Crippen LogP contribution is 2.24. The number of guanidine groups is 1. The SMILES string of the molecule is CCC1CN(C(=NC)NCC(c2ccc(C)o2)N2CCOCC2)CCS1.I. The number of ether oxygens (including phenoxy) is 1. The molecule has 6 nitrogen and oxygen atoms in total. The average Bonchev–Trinajstić information content (AvgIpc) is 3.12. The van der Waals surface area contributed by atoms with E-state index in [1.54, 1.807) is 0 Å². The van der Waals surface area contributed by atoms with Crippen LogP contribution in [0.3, 0.4) is 0 Å². The number of rotatable bonds is 5. The van der Waals surface area contributed by atoms with E-state index in [1.165, 1.54) is 12.2 Å². The van der Waals surface area contributed by atoms with Crippen LogP contribution in [0.2, 0.25) is 0 Å². The minimum Gasteiger partial charge on any atom is -0.465 e. The van der Waals surface area contributed by atoms with E-state index in [4.69, 9.17) is 9.15 Å². The molecule has 0 saturated carbocycles. The van der Waals surface area contributed by atoms with Crippen LogP contribution in [-0.4, -0.2) is 79.7 Å². The van der Waals surface area contributed by atoms with Crippen LogP contribution < -0.4 is 5.32 Å². The monoisotopic (exact) mass is 508 g/mol. The largest absolute Gasteiger partial charge is 0.465 e. The maximum Gasteiger partial charge on any atom is 0.193 e. The van der Waals surface area contributed by atoms with Gasteiger partial charge in [-0.25, -0.2) is 0 Å². The molecule has 3 rings (SSSR count). The summed E-state index contributed by atoms with van der Waals surface area (Å²) in [7, 11) is 1.88. The van der Waals surface area contributed by atoms with Gasteiger partial charge in [0.2, 0.25) is 0 Å². The summed E-state index contributed by atoms with van der Waals surface area (Å²) < 4.78 is 11.5. The van der Waals surface area contributed by atoms with Crippen LogP contribution in [0.15, 0.2) is 21.5 Å². The lowest BCUT2D eigenvalue weighted by Crippen LogP contribution is -2.50. The van der Waals surface area contributed by atoms with E-state index in [0.29, 0.717) is 5.25 Å². The van der Waals surface area contributed by atoms with Crippen LogP contribution in [0.1, 0.15) is 30.9 Å². The molecule has 2 atom stereocenters. The van der Waals surface area contributed by atoms with Gasteiger partial charge in [-0.3, -0.25) is 9.89 Å². The summed E-state index contributed by atoms with van der Waals surface area (Å²) in [6.45, 7) is 10.6. The van der Waals surface area contributed by atoms with Crippen molar-refractivity contribution in [2.75, 3.05) is 58.7 Å². The van der Waals surface area contributed by atoms with E-state index < -0.39 is 0 Å². The van der Waals surface area contributed by atoms with Gasteiger partial charge in [0.1, 0.15) is 11.5 Å². The highest BCUT2D eigenvalue weighted by atomic mass is 127. The number of aryl methyl sites for hydroxylation is 1. The number of halogens is 1. The molecule has 0 radical (unpaired) electrons. The fraction of sp³-hybridized carbons (Fsp3) is 0.737. The van der Waals surface area contributed by atoms with Gasteiger partial charge in [-0.05, 0) is 25.5 Å². The number of morpholine rings is 1. The van der Waals surface area contributed by atoms with Gasteiger partial charge >= 0.3 is 0 Å². The third-order valence-electron chi connectivity index (χ3n) is 5.14. The molecule has 0 aromatic carbocycles.